The normalized spacial score (nSPS) is 15.2. The van der Waals surface area contributed by atoms with Gasteiger partial charge in [-0.3, -0.25) is 4.79 Å². The summed E-state index contributed by atoms with van der Waals surface area (Å²) in [4.78, 5) is 13.2. The van der Waals surface area contributed by atoms with Crippen LogP contribution in [-0.4, -0.2) is 17.9 Å². The van der Waals surface area contributed by atoms with Crippen LogP contribution in [0.1, 0.15) is 15.9 Å². The fourth-order valence-corrected chi connectivity index (χ4v) is 1.73. The molecule has 0 saturated heterocycles. The topological polar surface area (TPSA) is 20.3 Å². The Bertz CT molecular complexity index is 348. The molecule has 0 N–H and O–H groups in total. The van der Waals surface area contributed by atoms with Gasteiger partial charge in [0.25, 0.3) is 5.91 Å². The average molecular weight is 179 g/mol. The Kier molecular flexibility index (Phi) is 1.66. The molecule has 1 unspecified atom stereocenters. The molecule has 0 radical (unpaired) electrons. The van der Waals surface area contributed by atoms with E-state index in [-0.39, 0.29) is 5.91 Å². The van der Waals surface area contributed by atoms with Crippen LogP contribution in [0.5, 0.6) is 0 Å². The molecular formula is C9H10NOP. The molecular weight excluding hydrogens is 169 g/mol. The highest BCUT2D eigenvalue weighted by atomic mass is 31.0. The van der Waals surface area contributed by atoms with E-state index in [0.717, 1.165) is 23.0 Å². The van der Waals surface area contributed by atoms with Crippen molar-refractivity contribution in [3.05, 3.63) is 29.3 Å². The van der Waals surface area contributed by atoms with Crippen LogP contribution in [0.2, 0.25) is 0 Å². The SMILES string of the molecule is CN1Cc2ccc(P)cc2C1=O. The van der Waals surface area contributed by atoms with Crippen LogP contribution in [0.3, 0.4) is 0 Å². The van der Waals surface area contributed by atoms with Crippen molar-refractivity contribution in [2.24, 2.45) is 0 Å². The van der Waals surface area contributed by atoms with E-state index in [0.29, 0.717) is 0 Å². The van der Waals surface area contributed by atoms with Gasteiger partial charge in [0.15, 0.2) is 0 Å². The molecule has 1 aromatic carbocycles. The van der Waals surface area contributed by atoms with Crippen molar-refractivity contribution in [1.82, 2.24) is 4.90 Å². The number of fused-ring (bicyclic) bond motifs is 1. The first-order valence-corrected chi connectivity index (χ1v) is 4.40. The second-order valence-electron chi connectivity index (χ2n) is 3.08. The number of amides is 1. The molecule has 12 heavy (non-hydrogen) atoms. The lowest BCUT2D eigenvalue weighted by atomic mass is 10.1. The molecule has 1 aliphatic rings. The lowest BCUT2D eigenvalue weighted by Crippen LogP contribution is -2.17. The van der Waals surface area contributed by atoms with Gasteiger partial charge in [-0.2, -0.15) is 0 Å². The van der Waals surface area contributed by atoms with E-state index in [4.69, 9.17) is 0 Å². The summed E-state index contributed by atoms with van der Waals surface area (Å²) < 4.78 is 0. The summed E-state index contributed by atoms with van der Waals surface area (Å²) in [5.41, 5.74) is 1.98. The predicted molar refractivity (Wildman–Crippen MR) is 51.6 cm³/mol. The first kappa shape index (κ1) is 7.75. The molecule has 2 nitrogen and oxygen atoms in total. The minimum absolute atomic E-state index is 0.134. The lowest BCUT2D eigenvalue weighted by Gasteiger charge is -2.04. The third kappa shape index (κ3) is 1.03. The van der Waals surface area contributed by atoms with Gasteiger partial charge in [0, 0.05) is 19.2 Å². The summed E-state index contributed by atoms with van der Waals surface area (Å²) in [6, 6.07) is 5.95. The van der Waals surface area contributed by atoms with Crippen molar-refractivity contribution in [3.63, 3.8) is 0 Å². The summed E-state index contributed by atoms with van der Waals surface area (Å²) in [6.07, 6.45) is 0. The minimum Gasteiger partial charge on any atom is -0.337 e. The highest BCUT2D eigenvalue weighted by molar-refractivity contribution is 7.27. The van der Waals surface area contributed by atoms with Gasteiger partial charge in [-0.1, -0.05) is 12.1 Å². The zero-order valence-electron chi connectivity index (χ0n) is 6.87. The van der Waals surface area contributed by atoms with Crippen molar-refractivity contribution in [2.75, 3.05) is 7.05 Å². The van der Waals surface area contributed by atoms with Gasteiger partial charge in [-0.15, -0.1) is 9.24 Å². The lowest BCUT2D eigenvalue weighted by molar-refractivity contribution is 0.0816. The number of nitrogens with zero attached hydrogens (tertiary/aromatic N) is 1. The smallest absolute Gasteiger partial charge is 0.254 e. The monoisotopic (exact) mass is 179 g/mol. The standard InChI is InChI=1S/C9H10NOP/c1-10-5-6-2-3-7(12)4-8(6)9(10)11/h2-4H,5,12H2,1H3. The zero-order chi connectivity index (χ0) is 8.72. The average Bonchev–Trinajstić information content (AvgIpc) is 2.31. The Labute approximate surface area is 73.8 Å². The van der Waals surface area contributed by atoms with E-state index in [9.17, 15) is 4.79 Å². The number of benzene rings is 1. The van der Waals surface area contributed by atoms with E-state index in [1.807, 2.05) is 25.2 Å². The van der Waals surface area contributed by atoms with Crippen molar-refractivity contribution in [2.45, 2.75) is 6.54 Å². The summed E-state index contributed by atoms with van der Waals surface area (Å²) in [6.45, 7) is 0.749. The number of hydrogen-bond acceptors (Lipinski definition) is 1. The fraction of sp³-hybridized carbons (Fsp3) is 0.222. The van der Waals surface area contributed by atoms with E-state index in [1.54, 1.807) is 4.90 Å². The van der Waals surface area contributed by atoms with Gasteiger partial charge in [0.2, 0.25) is 0 Å². The maximum atomic E-state index is 11.5. The van der Waals surface area contributed by atoms with Crippen molar-refractivity contribution in [1.29, 1.82) is 0 Å². The number of carbonyl (C=O) groups is 1. The maximum Gasteiger partial charge on any atom is 0.254 e. The van der Waals surface area contributed by atoms with Gasteiger partial charge in [-0.25, -0.2) is 0 Å². The highest BCUT2D eigenvalue weighted by Gasteiger charge is 2.23. The second kappa shape index (κ2) is 2.56. The van der Waals surface area contributed by atoms with E-state index < -0.39 is 0 Å². The largest absolute Gasteiger partial charge is 0.337 e. The third-order valence-electron chi connectivity index (χ3n) is 2.12. The first-order chi connectivity index (χ1) is 5.68. The van der Waals surface area contributed by atoms with Crippen LogP contribution >= 0.6 is 9.24 Å². The van der Waals surface area contributed by atoms with Crippen LogP contribution in [-0.2, 0) is 6.54 Å². The van der Waals surface area contributed by atoms with Crippen molar-refractivity contribution >= 4 is 20.5 Å². The predicted octanol–water partition coefficient (Wildman–Crippen LogP) is 0.773. The fourth-order valence-electron chi connectivity index (χ4n) is 1.46. The molecule has 0 aromatic heterocycles. The molecule has 62 valence electrons. The maximum absolute atomic E-state index is 11.5. The molecule has 1 aromatic rings. The molecule has 1 atom stereocenters. The Balaban J connectivity index is 2.56. The molecule has 0 spiro atoms. The Morgan fingerprint density at radius 3 is 3.00 bits per heavy atom. The van der Waals surface area contributed by atoms with E-state index >= 15 is 0 Å². The molecule has 1 heterocycles. The molecule has 1 aliphatic heterocycles. The molecule has 0 saturated carbocycles. The molecule has 3 heteroatoms. The quantitative estimate of drug-likeness (QED) is 0.539. The first-order valence-electron chi connectivity index (χ1n) is 3.82. The van der Waals surface area contributed by atoms with Gasteiger partial charge in [0.1, 0.15) is 0 Å². The molecule has 2 rings (SSSR count). The number of rotatable bonds is 0. The van der Waals surface area contributed by atoms with Crippen molar-refractivity contribution in [3.8, 4) is 0 Å². The van der Waals surface area contributed by atoms with Crippen LogP contribution < -0.4 is 5.30 Å². The summed E-state index contributed by atoms with van der Waals surface area (Å²) >= 11 is 0. The van der Waals surface area contributed by atoms with Gasteiger partial charge in [-0.05, 0) is 16.9 Å². The van der Waals surface area contributed by atoms with Crippen LogP contribution in [0.4, 0.5) is 0 Å². The highest BCUT2D eigenvalue weighted by Crippen LogP contribution is 2.20. The summed E-state index contributed by atoms with van der Waals surface area (Å²) in [5.74, 6) is 0.134. The molecule has 0 bridgehead atoms. The van der Waals surface area contributed by atoms with Gasteiger partial charge in [0.05, 0.1) is 0 Å². The zero-order valence-corrected chi connectivity index (χ0v) is 8.03. The molecule has 1 amide bonds. The Morgan fingerprint density at radius 1 is 1.50 bits per heavy atom. The van der Waals surface area contributed by atoms with Crippen LogP contribution in [0.25, 0.3) is 0 Å². The number of carbonyl (C=O) groups excluding carboxylic acids is 1. The van der Waals surface area contributed by atoms with Gasteiger partial charge < -0.3 is 4.90 Å². The summed E-state index contributed by atoms with van der Waals surface area (Å²) in [5, 5.41) is 1.07. The second-order valence-corrected chi connectivity index (χ2v) is 3.74. The van der Waals surface area contributed by atoms with Crippen LogP contribution in [0.15, 0.2) is 18.2 Å². The number of hydrogen-bond donors (Lipinski definition) is 0. The van der Waals surface area contributed by atoms with E-state index in [1.165, 1.54) is 0 Å². The Hall–Kier alpha value is -0.880. The third-order valence-corrected chi connectivity index (χ3v) is 2.48. The van der Waals surface area contributed by atoms with E-state index in [2.05, 4.69) is 9.24 Å². The molecule has 0 fully saturated rings. The summed E-state index contributed by atoms with van der Waals surface area (Å²) in [7, 11) is 4.42. The van der Waals surface area contributed by atoms with Crippen LogP contribution in [0, 0.1) is 0 Å². The van der Waals surface area contributed by atoms with Gasteiger partial charge >= 0.3 is 0 Å². The van der Waals surface area contributed by atoms with Crippen molar-refractivity contribution < 1.29 is 4.79 Å². The Morgan fingerprint density at radius 2 is 2.25 bits per heavy atom. The molecule has 0 aliphatic carbocycles. The minimum atomic E-state index is 0.134.